The van der Waals surface area contributed by atoms with Gasteiger partial charge < -0.3 is 14.3 Å². The summed E-state index contributed by atoms with van der Waals surface area (Å²) >= 11 is 7.96. The Labute approximate surface area is 157 Å². The van der Waals surface area contributed by atoms with E-state index in [9.17, 15) is 4.79 Å². The third-order valence-corrected chi connectivity index (χ3v) is 5.76. The number of aromatic amines is 1. The normalized spacial score (nSPS) is 16.8. The molecule has 1 aliphatic heterocycles. The molecule has 5 rings (SSSR count). The molecule has 0 aliphatic carbocycles. The van der Waals surface area contributed by atoms with Crippen molar-refractivity contribution in [3.63, 3.8) is 0 Å². The molecule has 1 aliphatic rings. The molecular weight excluding hydrogens is 372 g/mol. The lowest BCUT2D eigenvalue weighted by molar-refractivity contribution is 0.0672. The van der Waals surface area contributed by atoms with E-state index in [1.165, 1.54) is 11.3 Å². The molecule has 4 aromatic rings. The van der Waals surface area contributed by atoms with Gasteiger partial charge in [-0.1, -0.05) is 23.7 Å². The average Bonchev–Trinajstić information content (AvgIpc) is 3.41. The Hall–Kier alpha value is -2.64. The number of rotatable bonds is 2. The number of carbonyl (C=O) groups excluding carboxylic acids is 1. The van der Waals surface area contributed by atoms with Crippen molar-refractivity contribution in [3.8, 4) is 0 Å². The highest BCUT2D eigenvalue weighted by atomic mass is 35.5. The number of H-pyrrole nitrogens is 1. The van der Waals surface area contributed by atoms with Gasteiger partial charge in [-0.05, 0) is 12.1 Å². The molecule has 3 aromatic heterocycles. The van der Waals surface area contributed by atoms with Crippen molar-refractivity contribution in [3.05, 3.63) is 69.3 Å². The molecule has 0 bridgehead atoms. The van der Waals surface area contributed by atoms with E-state index < -0.39 is 6.04 Å². The fraction of sp³-hybridized carbons (Fsp3) is 0.167. The third kappa shape index (κ3) is 2.28. The SMILES string of the molecule is O=C(c1nccs1)N1CCc2[nH]cnc2[C@H]1c1oc2ccccc2c1Cl. The van der Waals surface area contributed by atoms with Crippen LogP contribution >= 0.6 is 22.9 Å². The lowest BCUT2D eigenvalue weighted by Gasteiger charge is -2.33. The zero-order chi connectivity index (χ0) is 17.7. The van der Waals surface area contributed by atoms with Crippen LogP contribution in [0.3, 0.4) is 0 Å². The summed E-state index contributed by atoms with van der Waals surface area (Å²) in [6.07, 6.45) is 3.97. The summed E-state index contributed by atoms with van der Waals surface area (Å²) in [5, 5.41) is 3.58. The van der Waals surface area contributed by atoms with Gasteiger partial charge in [0, 0.05) is 35.6 Å². The molecule has 1 amide bonds. The summed E-state index contributed by atoms with van der Waals surface area (Å²) in [6, 6.07) is 7.09. The Morgan fingerprint density at radius 3 is 3.04 bits per heavy atom. The van der Waals surface area contributed by atoms with Crippen LogP contribution in [0.4, 0.5) is 0 Å². The van der Waals surface area contributed by atoms with Crippen molar-refractivity contribution in [2.75, 3.05) is 6.54 Å². The van der Waals surface area contributed by atoms with Crippen molar-refractivity contribution in [1.82, 2.24) is 19.9 Å². The first-order valence-corrected chi connectivity index (χ1v) is 9.39. The third-order valence-electron chi connectivity index (χ3n) is 4.61. The van der Waals surface area contributed by atoms with Crippen molar-refractivity contribution in [2.24, 2.45) is 0 Å². The van der Waals surface area contributed by atoms with E-state index in [1.54, 1.807) is 22.8 Å². The summed E-state index contributed by atoms with van der Waals surface area (Å²) in [5.41, 5.74) is 2.45. The molecule has 1 N–H and O–H groups in total. The standard InChI is InChI=1S/C18H13ClN4O2S/c19-13-10-3-1-2-4-12(10)25-16(13)15-14-11(21-9-22-14)5-7-23(15)18(24)17-20-6-8-26-17/h1-4,6,8-9,15H,5,7H2,(H,21,22)/t15-/m0/s1. The van der Waals surface area contributed by atoms with Crippen LogP contribution in [0.5, 0.6) is 0 Å². The molecule has 0 radical (unpaired) electrons. The first kappa shape index (κ1) is 15.6. The first-order chi connectivity index (χ1) is 12.7. The topological polar surface area (TPSA) is 75.0 Å². The molecule has 8 heteroatoms. The van der Waals surface area contributed by atoms with Gasteiger partial charge in [-0.15, -0.1) is 11.3 Å². The number of amides is 1. The van der Waals surface area contributed by atoms with E-state index in [2.05, 4.69) is 15.0 Å². The maximum atomic E-state index is 13.1. The fourth-order valence-corrected chi connectivity index (χ4v) is 4.31. The van der Waals surface area contributed by atoms with E-state index in [1.807, 2.05) is 24.3 Å². The minimum absolute atomic E-state index is 0.143. The van der Waals surface area contributed by atoms with Gasteiger partial charge in [0.1, 0.15) is 11.6 Å². The van der Waals surface area contributed by atoms with Crippen molar-refractivity contribution < 1.29 is 9.21 Å². The van der Waals surface area contributed by atoms with Gasteiger partial charge in [0.05, 0.1) is 17.0 Å². The van der Waals surface area contributed by atoms with Crippen LogP contribution in [0.25, 0.3) is 11.0 Å². The van der Waals surface area contributed by atoms with Crippen LogP contribution in [-0.2, 0) is 6.42 Å². The van der Waals surface area contributed by atoms with Gasteiger partial charge in [0.2, 0.25) is 0 Å². The Balaban J connectivity index is 1.69. The number of hydrogen-bond acceptors (Lipinski definition) is 5. The van der Waals surface area contributed by atoms with E-state index in [-0.39, 0.29) is 5.91 Å². The molecule has 0 saturated carbocycles. The maximum absolute atomic E-state index is 13.1. The van der Waals surface area contributed by atoms with Crippen LogP contribution in [0, 0.1) is 0 Å². The molecule has 4 heterocycles. The molecular formula is C18H13ClN4O2S. The summed E-state index contributed by atoms with van der Waals surface area (Å²) < 4.78 is 6.07. The summed E-state index contributed by atoms with van der Waals surface area (Å²) in [4.78, 5) is 26.6. The molecule has 130 valence electrons. The summed E-state index contributed by atoms with van der Waals surface area (Å²) in [5.74, 6) is 0.390. The zero-order valence-corrected chi connectivity index (χ0v) is 15.0. The van der Waals surface area contributed by atoms with Gasteiger partial charge in [0.15, 0.2) is 10.8 Å². The number of aromatic nitrogens is 3. The van der Waals surface area contributed by atoms with Crippen LogP contribution < -0.4 is 0 Å². The number of hydrogen-bond donors (Lipinski definition) is 1. The first-order valence-electron chi connectivity index (χ1n) is 8.13. The number of para-hydroxylation sites is 1. The number of nitrogens with one attached hydrogen (secondary N) is 1. The molecule has 0 unspecified atom stereocenters. The molecule has 0 saturated heterocycles. The van der Waals surface area contributed by atoms with Gasteiger partial charge in [0.25, 0.3) is 5.91 Å². The van der Waals surface area contributed by atoms with Crippen molar-refractivity contribution >= 4 is 39.8 Å². The number of nitrogens with zero attached hydrogens (tertiary/aromatic N) is 3. The Kier molecular flexibility index (Phi) is 3.58. The summed E-state index contributed by atoms with van der Waals surface area (Å²) in [6.45, 7) is 0.533. The second-order valence-electron chi connectivity index (χ2n) is 6.03. The van der Waals surface area contributed by atoms with E-state index in [0.29, 0.717) is 34.3 Å². The van der Waals surface area contributed by atoms with Gasteiger partial charge in [-0.2, -0.15) is 0 Å². The van der Waals surface area contributed by atoms with E-state index in [0.717, 1.165) is 16.8 Å². The molecule has 26 heavy (non-hydrogen) atoms. The number of furan rings is 1. The average molecular weight is 385 g/mol. The maximum Gasteiger partial charge on any atom is 0.283 e. The highest BCUT2D eigenvalue weighted by Crippen LogP contribution is 2.42. The molecule has 6 nitrogen and oxygen atoms in total. The van der Waals surface area contributed by atoms with Crippen molar-refractivity contribution in [2.45, 2.75) is 12.5 Å². The highest BCUT2D eigenvalue weighted by molar-refractivity contribution is 7.11. The minimum Gasteiger partial charge on any atom is -0.457 e. The monoisotopic (exact) mass is 384 g/mol. The Bertz CT molecular complexity index is 1100. The molecule has 0 spiro atoms. The number of halogens is 1. The predicted octanol–water partition coefficient (Wildman–Crippen LogP) is 4.05. The minimum atomic E-state index is -0.485. The highest BCUT2D eigenvalue weighted by Gasteiger charge is 2.39. The number of carbonyl (C=O) groups is 1. The lowest BCUT2D eigenvalue weighted by Crippen LogP contribution is -2.40. The molecule has 0 fully saturated rings. The van der Waals surface area contributed by atoms with Gasteiger partial charge >= 0.3 is 0 Å². The number of fused-ring (bicyclic) bond motifs is 2. The zero-order valence-electron chi connectivity index (χ0n) is 13.5. The van der Waals surface area contributed by atoms with Crippen molar-refractivity contribution in [1.29, 1.82) is 0 Å². The number of imidazole rings is 1. The molecule has 1 aromatic carbocycles. The smallest absolute Gasteiger partial charge is 0.283 e. The van der Waals surface area contributed by atoms with E-state index in [4.69, 9.17) is 16.0 Å². The van der Waals surface area contributed by atoms with Crippen LogP contribution in [-0.4, -0.2) is 32.3 Å². The Morgan fingerprint density at radius 1 is 1.35 bits per heavy atom. The molecule has 1 atom stereocenters. The lowest BCUT2D eigenvalue weighted by atomic mass is 10.00. The van der Waals surface area contributed by atoms with E-state index >= 15 is 0 Å². The summed E-state index contributed by atoms with van der Waals surface area (Å²) in [7, 11) is 0. The van der Waals surface area contributed by atoms with Crippen LogP contribution in [0.1, 0.15) is 33.0 Å². The van der Waals surface area contributed by atoms with Crippen LogP contribution in [0.2, 0.25) is 5.02 Å². The Morgan fingerprint density at radius 2 is 2.23 bits per heavy atom. The number of thiazole rings is 1. The quantitative estimate of drug-likeness (QED) is 0.565. The van der Waals surface area contributed by atoms with Gasteiger partial charge in [-0.25, -0.2) is 9.97 Å². The number of benzene rings is 1. The fourth-order valence-electron chi connectivity index (χ4n) is 3.42. The predicted molar refractivity (Wildman–Crippen MR) is 98.5 cm³/mol. The second-order valence-corrected chi connectivity index (χ2v) is 7.30. The van der Waals surface area contributed by atoms with Crippen LogP contribution in [0.15, 0.2) is 46.6 Å². The largest absolute Gasteiger partial charge is 0.457 e. The van der Waals surface area contributed by atoms with Gasteiger partial charge in [-0.3, -0.25) is 4.79 Å². The second kappa shape index (κ2) is 5.96.